The van der Waals surface area contributed by atoms with Crippen molar-refractivity contribution in [1.82, 2.24) is 4.90 Å². The average Bonchev–Trinajstić information content (AvgIpc) is 2.84. The first-order chi connectivity index (χ1) is 5.66. The van der Waals surface area contributed by atoms with Gasteiger partial charge in [0.05, 0.1) is 0 Å². The van der Waals surface area contributed by atoms with Gasteiger partial charge in [0.1, 0.15) is 0 Å². The van der Waals surface area contributed by atoms with Crippen LogP contribution in [0.3, 0.4) is 0 Å². The normalized spacial score (nSPS) is 22.8. The third-order valence-electron chi connectivity index (χ3n) is 3.32. The van der Waals surface area contributed by atoms with Crippen molar-refractivity contribution in [2.75, 3.05) is 13.6 Å². The van der Waals surface area contributed by atoms with Gasteiger partial charge in [0.2, 0.25) is 0 Å². The summed E-state index contributed by atoms with van der Waals surface area (Å²) >= 11 is 0. The zero-order valence-electron chi connectivity index (χ0n) is 8.64. The highest BCUT2D eigenvalue weighted by atomic mass is 15.2. The summed E-state index contributed by atoms with van der Waals surface area (Å²) in [5.41, 5.74) is 6.15. The first-order valence-electron chi connectivity index (χ1n) is 5.09. The van der Waals surface area contributed by atoms with Crippen LogP contribution in [0.15, 0.2) is 0 Å². The molecule has 1 aliphatic carbocycles. The van der Waals surface area contributed by atoms with E-state index in [1.54, 1.807) is 0 Å². The lowest BCUT2D eigenvalue weighted by atomic mass is 10.1. The van der Waals surface area contributed by atoms with Gasteiger partial charge in [-0.05, 0) is 33.2 Å². The fraction of sp³-hybridized carbons (Fsp3) is 1.00. The average molecular weight is 170 g/mol. The van der Waals surface area contributed by atoms with Crippen LogP contribution >= 0.6 is 0 Å². The van der Waals surface area contributed by atoms with E-state index in [0.29, 0.717) is 11.6 Å². The number of hydrogen-bond acceptors (Lipinski definition) is 2. The van der Waals surface area contributed by atoms with Crippen LogP contribution in [0.25, 0.3) is 0 Å². The topological polar surface area (TPSA) is 29.3 Å². The fourth-order valence-electron chi connectivity index (χ4n) is 1.92. The summed E-state index contributed by atoms with van der Waals surface area (Å²) in [7, 11) is 2.22. The maximum Gasteiger partial charge on any atom is 0.0332 e. The van der Waals surface area contributed by atoms with Crippen molar-refractivity contribution < 1.29 is 0 Å². The first kappa shape index (κ1) is 10.0. The molecule has 0 saturated heterocycles. The molecule has 1 saturated carbocycles. The Morgan fingerprint density at radius 2 is 2.08 bits per heavy atom. The maximum atomic E-state index is 5.76. The minimum Gasteiger partial charge on any atom is -0.329 e. The highest BCUT2D eigenvalue weighted by molar-refractivity contribution is 5.04. The van der Waals surface area contributed by atoms with Crippen LogP contribution in [0.2, 0.25) is 0 Å². The fourth-order valence-corrected chi connectivity index (χ4v) is 1.92. The molecule has 0 aromatic heterocycles. The number of likely N-dealkylation sites (N-methyl/N-ethyl adjacent to an activating group) is 1. The van der Waals surface area contributed by atoms with Crippen LogP contribution in [0, 0.1) is 0 Å². The van der Waals surface area contributed by atoms with Crippen LogP contribution in [-0.4, -0.2) is 30.1 Å². The Labute approximate surface area is 76.1 Å². The second-order valence-electron chi connectivity index (χ2n) is 4.18. The van der Waals surface area contributed by atoms with Crippen molar-refractivity contribution in [2.24, 2.45) is 5.73 Å². The zero-order valence-corrected chi connectivity index (χ0v) is 8.64. The van der Waals surface area contributed by atoms with Gasteiger partial charge in [-0.2, -0.15) is 0 Å². The zero-order chi connectivity index (χ0) is 9.19. The van der Waals surface area contributed by atoms with Crippen LogP contribution in [0.4, 0.5) is 0 Å². The van der Waals surface area contributed by atoms with Crippen molar-refractivity contribution in [3.8, 4) is 0 Å². The SMILES string of the molecule is CCCC(C)N(C)C1(CN)CC1. The minimum absolute atomic E-state index is 0.384. The lowest BCUT2D eigenvalue weighted by Crippen LogP contribution is -2.45. The predicted molar refractivity (Wildman–Crippen MR) is 53.2 cm³/mol. The van der Waals surface area contributed by atoms with E-state index in [4.69, 9.17) is 5.73 Å². The number of rotatable bonds is 5. The number of nitrogens with zero attached hydrogens (tertiary/aromatic N) is 1. The quantitative estimate of drug-likeness (QED) is 0.679. The van der Waals surface area contributed by atoms with Crippen molar-refractivity contribution in [2.45, 2.75) is 51.1 Å². The molecule has 0 aliphatic heterocycles. The molecule has 1 fully saturated rings. The molecule has 72 valence electrons. The van der Waals surface area contributed by atoms with Gasteiger partial charge < -0.3 is 5.73 Å². The molecule has 2 heteroatoms. The number of hydrogen-bond donors (Lipinski definition) is 1. The van der Waals surface area contributed by atoms with Crippen LogP contribution in [-0.2, 0) is 0 Å². The molecule has 1 rings (SSSR count). The molecule has 1 atom stereocenters. The second-order valence-corrected chi connectivity index (χ2v) is 4.18. The van der Waals surface area contributed by atoms with Gasteiger partial charge in [0, 0.05) is 18.1 Å². The van der Waals surface area contributed by atoms with E-state index in [1.165, 1.54) is 25.7 Å². The molecule has 0 spiro atoms. The van der Waals surface area contributed by atoms with Crippen LogP contribution in [0.1, 0.15) is 39.5 Å². The summed E-state index contributed by atoms with van der Waals surface area (Å²) < 4.78 is 0. The van der Waals surface area contributed by atoms with Gasteiger partial charge >= 0.3 is 0 Å². The van der Waals surface area contributed by atoms with Crippen molar-refractivity contribution >= 4 is 0 Å². The highest BCUT2D eigenvalue weighted by Gasteiger charge is 2.46. The highest BCUT2D eigenvalue weighted by Crippen LogP contribution is 2.41. The summed E-state index contributed by atoms with van der Waals surface area (Å²) in [5.74, 6) is 0. The molecule has 0 aromatic carbocycles. The first-order valence-corrected chi connectivity index (χ1v) is 5.09. The Kier molecular flexibility index (Phi) is 3.13. The van der Waals surface area contributed by atoms with Gasteiger partial charge in [-0.25, -0.2) is 0 Å². The molecule has 0 bridgehead atoms. The largest absolute Gasteiger partial charge is 0.329 e. The van der Waals surface area contributed by atoms with E-state index in [2.05, 4.69) is 25.8 Å². The molecule has 0 heterocycles. The molecule has 2 N–H and O–H groups in total. The van der Waals surface area contributed by atoms with Crippen LogP contribution in [0.5, 0.6) is 0 Å². The van der Waals surface area contributed by atoms with Gasteiger partial charge in [-0.1, -0.05) is 13.3 Å². The Bertz CT molecular complexity index is 141. The molecule has 0 amide bonds. The van der Waals surface area contributed by atoms with Gasteiger partial charge in [0.25, 0.3) is 0 Å². The molecular formula is C10H22N2. The summed E-state index contributed by atoms with van der Waals surface area (Å²) in [6, 6.07) is 0.695. The van der Waals surface area contributed by atoms with E-state index in [-0.39, 0.29) is 0 Å². The van der Waals surface area contributed by atoms with E-state index < -0.39 is 0 Å². The smallest absolute Gasteiger partial charge is 0.0332 e. The minimum atomic E-state index is 0.384. The summed E-state index contributed by atoms with van der Waals surface area (Å²) in [6.45, 7) is 5.38. The van der Waals surface area contributed by atoms with Crippen molar-refractivity contribution in [3.63, 3.8) is 0 Å². The molecule has 12 heavy (non-hydrogen) atoms. The van der Waals surface area contributed by atoms with Crippen LogP contribution < -0.4 is 5.73 Å². The molecule has 0 radical (unpaired) electrons. The molecular weight excluding hydrogens is 148 g/mol. The van der Waals surface area contributed by atoms with E-state index in [1.807, 2.05) is 0 Å². The van der Waals surface area contributed by atoms with Gasteiger partial charge in [0.15, 0.2) is 0 Å². The summed E-state index contributed by atoms with van der Waals surface area (Å²) in [6.07, 6.45) is 5.16. The van der Waals surface area contributed by atoms with Crippen molar-refractivity contribution in [1.29, 1.82) is 0 Å². The van der Waals surface area contributed by atoms with Crippen molar-refractivity contribution in [3.05, 3.63) is 0 Å². The second kappa shape index (κ2) is 3.75. The molecule has 1 aliphatic rings. The molecule has 0 aromatic rings. The Morgan fingerprint density at radius 3 is 2.42 bits per heavy atom. The Hall–Kier alpha value is -0.0800. The predicted octanol–water partition coefficient (Wildman–Crippen LogP) is 1.60. The van der Waals surface area contributed by atoms with Gasteiger partial charge in [-0.3, -0.25) is 4.90 Å². The van der Waals surface area contributed by atoms with E-state index >= 15 is 0 Å². The van der Waals surface area contributed by atoms with E-state index in [0.717, 1.165) is 6.54 Å². The van der Waals surface area contributed by atoms with E-state index in [9.17, 15) is 0 Å². The Morgan fingerprint density at radius 1 is 1.50 bits per heavy atom. The molecule has 2 nitrogen and oxygen atoms in total. The standard InChI is InChI=1S/C10H22N2/c1-4-5-9(2)12(3)10(8-11)6-7-10/h9H,4-8,11H2,1-3H3. The Balaban J connectivity index is 2.40. The lowest BCUT2D eigenvalue weighted by molar-refractivity contribution is 0.161. The summed E-state index contributed by atoms with van der Waals surface area (Å²) in [4.78, 5) is 2.48. The maximum absolute atomic E-state index is 5.76. The summed E-state index contributed by atoms with van der Waals surface area (Å²) in [5, 5.41) is 0. The third kappa shape index (κ3) is 1.80. The monoisotopic (exact) mass is 170 g/mol. The lowest BCUT2D eigenvalue weighted by Gasteiger charge is -2.32. The number of nitrogens with two attached hydrogens (primary N) is 1. The molecule has 1 unspecified atom stereocenters. The third-order valence-corrected chi connectivity index (χ3v) is 3.32. The van der Waals surface area contributed by atoms with Gasteiger partial charge in [-0.15, -0.1) is 0 Å².